The van der Waals surface area contributed by atoms with E-state index in [2.05, 4.69) is 9.88 Å². The van der Waals surface area contributed by atoms with Crippen LogP contribution in [0.25, 0.3) is 0 Å². The lowest BCUT2D eigenvalue weighted by atomic mass is 9.95. The first-order valence-electron chi connectivity index (χ1n) is 6.79. The first kappa shape index (κ1) is 13.1. The van der Waals surface area contributed by atoms with Gasteiger partial charge in [0, 0.05) is 25.8 Å². The number of piperidine rings is 1. The SMILES string of the molecule is CCOc1cccc(N2CCCC(CCO)C2)n1. The Hall–Kier alpha value is -1.29. The normalized spacial score (nSPS) is 19.9. The molecule has 1 fully saturated rings. The van der Waals surface area contributed by atoms with Crippen LogP contribution in [0.4, 0.5) is 5.82 Å². The summed E-state index contributed by atoms with van der Waals surface area (Å²) in [6.45, 7) is 4.93. The van der Waals surface area contributed by atoms with Crippen molar-refractivity contribution in [2.75, 3.05) is 31.2 Å². The second-order valence-corrected chi connectivity index (χ2v) is 4.73. The van der Waals surface area contributed by atoms with Gasteiger partial charge in [-0.05, 0) is 38.2 Å². The number of nitrogens with zero attached hydrogens (tertiary/aromatic N) is 2. The third-order valence-corrected chi connectivity index (χ3v) is 3.38. The predicted molar refractivity (Wildman–Crippen MR) is 72.0 cm³/mol. The highest BCUT2D eigenvalue weighted by Gasteiger charge is 2.20. The topological polar surface area (TPSA) is 45.6 Å². The zero-order valence-corrected chi connectivity index (χ0v) is 11.0. The molecule has 100 valence electrons. The van der Waals surface area contributed by atoms with Crippen LogP contribution in [0.5, 0.6) is 5.88 Å². The van der Waals surface area contributed by atoms with E-state index in [0.717, 1.165) is 25.3 Å². The van der Waals surface area contributed by atoms with Gasteiger partial charge in [0.05, 0.1) is 6.61 Å². The van der Waals surface area contributed by atoms with Crippen LogP contribution < -0.4 is 9.64 Å². The van der Waals surface area contributed by atoms with E-state index in [9.17, 15) is 0 Å². The standard InChI is InChI=1S/C14H22N2O2/c1-2-18-14-7-3-6-13(15-14)16-9-4-5-12(11-16)8-10-17/h3,6-7,12,17H,2,4-5,8-11H2,1H3. The van der Waals surface area contributed by atoms with Crippen LogP contribution in [-0.4, -0.2) is 36.4 Å². The average Bonchev–Trinajstić information content (AvgIpc) is 2.40. The predicted octanol–water partition coefficient (Wildman–Crippen LogP) is 2.08. The smallest absolute Gasteiger partial charge is 0.215 e. The Morgan fingerprint density at radius 1 is 1.50 bits per heavy atom. The molecule has 4 nitrogen and oxygen atoms in total. The van der Waals surface area contributed by atoms with E-state index in [0.29, 0.717) is 18.4 Å². The van der Waals surface area contributed by atoms with Crippen LogP contribution in [0.2, 0.25) is 0 Å². The van der Waals surface area contributed by atoms with Gasteiger partial charge in [-0.25, -0.2) is 0 Å². The molecule has 0 saturated carbocycles. The summed E-state index contributed by atoms with van der Waals surface area (Å²) in [5.41, 5.74) is 0. The number of aromatic nitrogens is 1. The summed E-state index contributed by atoms with van der Waals surface area (Å²) in [6.07, 6.45) is 3.27. The lowest BCUT2D eigenvalue weighted by Gasteiger charge is -2.33. The van der Waals surface area contributed by atoms with Gasteiger partial charge in [-0.15, -0.1) is 0 Å². The molecule has 4 heteroatoms. The number of rotatable bonds is 5. The van der Waals surface area contributed by atoms with Gasteiger partial charge in [0.1, 0.15) is 5.82 Å². The molecular weight excluding hydrogens is 228 g/mol. The summed E-state index contributed by atoms with van der Waals surface area (Å²) in [4.78, 5) is 6.82. The molecule has 1 saturated heterocycles. The van der Waals surface area contributed by atoms with Crippen LogP contribution >= 0.6 is 0 Å². The number of ether oxygens (including phenoxy) is 1. The number of anilines is 1. The van der Waals surface area contributed by atoms with E-state index >= 15 is 0 Å². The van der Waals surface area contributed by atoms with Crippen molar-refractivity contribution in [2.24, 2.45) is 5.92 Å². The summed E-state index contributed by atoms with van der Waals surface area (Å²) in [6, 6.07) is 5.91. The molecule has 0 radical (unpaired) electrons. The molecule has 1 N–H and O–H groups in total. The quantitative estimate of drug-likeness (QED) is 0.869. The third-order valence-electron chi connectivity index (χ3n) is 3.38. The zero-order chi connectivity index (χ0) is 12.8. The van der Waals surface area contributed by atoms with Gasteiger partial charge < -0.3 is 14.7 Å². The van der Waals surface area contributed by atoms with E-state index in [1.807, 2.05) is 25.1 Å². The molecule has 1 aromatic heterocycles. The summed E-state index contributed by atoms with van der Waals surface area (Å²) < 4.78 is 5.43. The van der Waals surface area contributed by atoms with E-state index < -0.39 is 0 Å². The Bertz CT molecular complexity index is 369. The van der Waals surface area contributed by atoms with E-state index in [1.54, 1.807) is 0 Å². The molecule has 18 heavy (non-hydrogen) atoms. The molecule has 1 atom stereocenters. The van der Waals surface area contributed by atoms with Gasteiger partial charge in [-0.3, -0.25) is 0 Å². The van der Waals surface area contributed by atoms with E-state index in [-0.39, 0.29) is 6.61 Å². The maximum Gasteiger partial charge on any atom is 0.215 e. The molecule has 0 amide bonds. The second-order valence-electron chi connectivity index (χ2n) is 4.73. The molecule has 0 spiro atoms. The Kier molecular flexibility index (Phi) is 4.81. The maximum atomic E-state index is 9.04. The van der Waals surface area contributed by atoms with Crippen LogP contribution in [0.15, 0.2) is 18.2 Å². The third kappa shape index (κ3) is 3.35. The van der Waals surface area contributed by atoms with Crippen LogP contribution in [0, 0.1) is 5.92 Å². The number of aliphatic hydroxyl groups excluding tert-OH is 1. The molecular formula is C14H22N2O2. The zero-order valence-electron chi connectivity index (χ0n) is 11.0. The summed E-state index contributed by atoms with van der Waals surface area (Å²) in [5, 5.41) is 9.04. The van der Waals surface area contributed by atoms with Crippen molar-refractivity contribution < 1.29 is 9.84 Å². The minimum absolute atomic E-state index is 0.283. The highest BCUT2D eigenvalue weighted by molar-refractivity contribution is 5.41. The largest absolute Gasteiger partial charge is 0.478 e. The molecule has 0 aromatic carbocycles. The van der Waals surface area contributed by atoms with Crippen molar-refractivity contribution in [3.8, 4) is 5.88 Å². The first-order chi connectivity index (χ1) is 8.83. The number of pyridine rings is 1. The van der Waals surface area contributed by atoms with Crippen molar-refractivity contribution in [2.45, 2.75) is 26.2 Å². The van der Waals surface area contributed by atoms with Crippen LogP contribution in [0.1, 0.15) is 26.2 Å². The molecule has 2 heterocycles. The summed E-state index contributed by atoms with van der Waals surface area (Å²) >= 11 is 0. The number of aliphatic hydroxyl groups is 1. The van der Waals surface area contributed by atoms with Crippen molar-refractivity contribution in [3.63, 3.8) is 0 Å². The van der Waals surface area contributed by atoms with Gasteiger partial charge in [0.2, 0.25) is 5.88 Å². The van der Waals surface area contributed by atoms with Crippen LogP contribution in [0.3, 0.4) is 0 Å². The molecule has 1 aliphatic rings. The Labute approximate surface area is 109 Å². The minimum Gasteiger partial charge on any atom is -0.478 e. The van der Waals surface area contributed by atoms with Crippen molar-refractivity contribution in [1.82, 2.24) is 4.98 Å². The number of hydrogen-bond acceptors (Lipinski definition) is 4. The fourth-order valence-electron chi connectivity index (χ4n) is 2.50. The van der Waals surface area contributed by atoms with Gasteiger partial charge in [0.15, 0.2) is 0 Å². The lowest BCUT2D eigenvalue weighted by Crippen LogP contribution is -2.36. The fourth-order valence-corrected chi connectivity index (χ4v) is 2.50. The average molecular weight is 250 g/mol. The Balaban J connectivity index is 2.03. The Morgan fingerprint density at radius 2 is 2.39 bits per heavy atom. The second kappa shape index (κ2) is 6.59. The highest BCUT2D eigenvalue weighted by atomic mass is 16.5. The van der Waals surface area contributed by atoms with E-state index in [4.69, 9.17) is 9.84 Å². The molecule has 0 bridgehead atoms. The molecule has 1 aliphatic heterocycles. The van der Waals surface area contributed by atoms with Gasteiger partial charge in [0.25, 0.3) is 0 Å². The van der Waals surface area contributed by atoms with Crippen molar-refractivity contribution >= 4 is 5.82 Å². The monoisotopic (exact) mass is 250 g/mol. The number of hydrogen-bond donors (Lipinski definition) is 1. The summed E-state index contributed by atoms with van der Waals surface area (Å²) in [7, 11) is 0. The van der Waals surface area contributed by atoms with Crippen molar-refractivity contribution in [1.29, 1.82) is 0 Å². The Morgan fingerprint density at radius 3 is 3.17 bits per heavy atom. The molecule has 1 aromatic rings. The summed E-state index contributed by atoms with van der Waals surface area (Å²) in [5.74, 6) is 2.27. The molecule has 1 unspecified atom stereocenters. The molecule has 2 rings (SSSR count). The van der Waals surface area contributed by atoms with Gasteiger partial charge in [-0.2, -0.15) is 4.98 Å². The van der Waals surface area contributed by atoms with E-state index in [1.165, 1.54) is 12.8 Å². The lowest BCUT2D eigenvalue weighted by molar-refractivity contribution is 0.244. The molecule has 0 aliphatic carbocycles. The van der Waals surface area contributed by atoms with Gasteiger partial charge >= 0.3 is 0 Å². The first-order valence-corrected chi connectivity index (χ1v) is 6.79. The van der Waals surface area contributed by atoms with Crippen LogP contribution in [-0.2, 0) is 0 Å². The van der Waals surface area contributed by atoms with Crippen molar-refractivity contribution in [3.05, 3.63) is 18.2 Å². The highest BCUT2D eigenvalue weighted by Crippen LogP contribution is 2.24. The fraction of sp³-hybridized carbons (Fsp3) is 0.643. The maximum absolute atomic E-state index is 9.04. The minimum atomic E-state index is 0.283. The van der Waals surface area contributed by atoms with Gasteiger partial charge in [-0.1, -0.05) is 6.07 Å².